The minimum Gasteiger partial charge on any atom is -0.368 e. The molecule has 0 amide bonds. The highest BCUT2D eigenvalue weighted by molar-refractivity contribution is 7.90. The Balaban J connectivity index is 1.58. The SMILES string of the molecule is Nc1nc(Cl)cc(NC2CCN(S(=O)(=O)C3CC3)CC2)n1. The molecule has 1 aromatic heterocycles. The van der Waals surface area contributed by atoms with E-state index >= 15 is 0 Å². The lowest BCUT2D eigenvalue weighted by atomic mass is 10.1. The fraction of sp³-hybridized carbons (Fsp3) is 0.667. The van der Waals surface area contributed by atoms with Gasteiger partial charge in [-0.15, -0.1) is 0 Å². The van der Waals surface area contributed by atoms with E-state index in [0.717, 1.165) is 25.7 Å². The predicted octanol–water partition coefficient (Wildman–Crippen LogP) is 1.08. The highest BCUT2D eigenvalue weighted by Crippen LogP contribution is 2.32. The van der Waals surface area contributed by atoms with Gasteiger partial charge >= 0.3 is 0 Å². The zero-order valence-corrected chi connectivity index (χ0v) is 13.1. The number of sulfonamides is 1. The maximum Gasteiger partial charge on any atom is 0.223 e. The minimum atomic E-state index is -3.06. The molecule has 1 saturated heterocycles. The van der Waals surface area contributed by atoms with Crippen molar-refractivity contribution in [1.82, 2.24) is 14.3 Å². The monoisotopic (exact) mass is 331 g/mol. The van der Waals surface area contributed by atoms with Crippen molar-refractivity contribution >= 4 is 33.4 Å². The Morgan fingerprint density at radius 1 is 1.24 bits per heavy atom. The largest absolute Gasteiger partial charge is 0.368 e. The van der Waals surface area contributed by atoms with Crippen molar-refractivity contribution in [2.45, 2.75) is 37.0 Å². The van der Waals surface area contributed by atoms with Gasteiger partial charge in [-0.2, -0.15) is 4.98 Å². The molecule has 2 heterocycles. The van der Waals surface area contributed by atoms with Gasteiger partial charge in [0.1, 0.15) is 11.0 Å². The first kappa shape index (κ1) is 14.8. The van der Waals surface area contributed by atoms with Gasteiger partial charge in [-0.1, -0.05) is 11.6 Å². The van der Waals surface area contributed by atoms with Crippen molar-refractivity contribution in [1.29, 1.82) is 0 Å². The minimum absolute atomic E-state index is 0.124. The first-order chi connectivity index (χ1) is 9.95. The van der Waals surface area contributed by atoms with Gasteiger partial charge in [0, 0.05) is 25.2 Å². The molecule has 0 radical (unpaired) electrons. The highest BCUT2D eigenvalue weighted by atomic mass is 35.5. The van der Waals surface area contributed by atoms with Gasteiger partial charge in [0.15, 0.2) is 0 Å². The Hall–Kier alpha value is -1.12. The van der Waals surface area contributed by atoms with Crippen molar-refractivity contribution in [3.05, 3.63) is 11.2 Å². The van der Waals surface area contributed by atoms with Crippen molar-refractivity contribution in [2.24, 2.45) is 0 Å². The molecule has 0 unspecified atom stereocenters. The van der Waals surface area contributed by atoms with Crippen molar-refractivity contribution in [3.63, 3.8) is 0 Å². The van der Waals surface area contributed by atoms with Crippen LogP contribution in [0.25, 0.3) is 0 Å². The van der Waals surface area contributed by atoms with E-state index in [1.165, 1.54) is 0 Å². The van der Waals surface area contributed by atoms with Gasteiger partial charge < -0.3 is 11.1 Å². The van der Waals surface area contributed by atoms with E-state index in [1.54, 1.807) is 10.4 Å². The molecule has 3 rings (SSSR count). The second-order valence-corrected chi connectivity index (χ2v) is 8.10. The first-order valence-corrected chi connectivity index (χ1v) is 8.89. The van der Waals surface area contributed by atoms with Gasteiger partial charge in [-0.05, 0) is 25.7 Å². The average molecular weight is 332 g/mol. The maximum atomic E-state index is 12.2. The Labute approximate surface area is 128 Å². The highest BCUT2D eigenvalue weighted by Gasteiger charge is 2.41. The molecule has 1 aromatic rings. The second-order valence-electron chi connectivity index (χ2n) is 5.50. The van der Waals surface area contributed by atoms with E-state index in [0.29, 0.717) is 24.1 Å². The zero-order chi connectivity index (χ0) is 15.0. The third kappa shape index (κ3) is 3.38. The summed E-state index contributed by atoms with van der Waals surface area (Å²) in [6.45, 7) is 1.09. The third-order valence-electron chi connectivity index (χ3n) is 3.82. The molecule has 0 aromatic carbocycles. The van der Waals surface area contributed by atoms with Gasteiger partial charge in [0.05, 0.1) is 5.25 Å². The number of nitrogens with zero attached hydrogens (tertiary/aromatic N) is 3. The number of hydrogen-bond donors (Lipinski definition) is 2. The number of piperidine rings is 1. The van der Waals surface area contributed by atoms with Crippen LogP contribution in [0.15, 0.2) is 6.07 Å². The van der Waals surface area contributed by atoms with Crippen LogP contribution in [0.3, 0.4) is 0 Å². The molecule has 2 aliphatic rings. The van der Waals surface area contributed by atoms with Crippen LogP contribution in [0.5, 0.6) is 0 Å². The summed E-state index contributed by atoms with van der Waals surface area (Å²) in [7, 11) is -3.06. The van der Waals surface area contributed by atoms with Crippen LogP contribution in [0, 0.1) is 0 Å². The fourth-order valence-corrected chi connectivity index (χ4v) is 4.61. The smallest absolute Gasteiger partial charge is 0.223 e. The van der Waals surface area contributed by atoms with Crippen molar-refractivity contribution < 1.29 is 8.42 Å². The Kier molecular flexibility index (Phi) is 3.94. The van der Waals surface area contributed by atoms with Crippen LogP contribution in [0.2, 0.25) is 5.15 Å². The first-order valence-electron chi connectivity index (χ1n) is 7.01. The van der Waals surface area contributed by atoms with E-state index in [9.17, 15) is 8.42 Å². The number of rotatable bonds is 4. The lowest BCUT2D eigenvalue weighted by molar-refractivity contribution is 0.329. The van der Waals surface area contributed by atoms with Crippen LogP contribution >= 0.6 is 11.6 Å². The number of anilines is 2. The van der Waals surface area contributed by atoms with Crippen LogP contribution in [0.1, 0.15) is 25.7 Å². The van der Waals surface area contributed by atoms with E-state index in [4.69, 9.17) is 17.3 Å². The number of nitrogen functional groups attached to an aromatic ring is 1. The van der Waals surface area contributed by atoms with Crippen LogP contribution < -0.4 is 11.1 Å². The molecule has 1 saturated carbocycles. The van der Waals surface area contributed by atoms with E-state index in [-0.39, 0.29) is 17.2 Å². The Morgan fingerprint density at radius 3 is 2.48 bits per heavy atom. The van der Waals surface area contributed by atoms with E-state index in [1.807, 2.05) is 0 Å². The standard InChI is InChI=1S/C12H18ClN5O2S/c13-10-7-11(17-12(14)16-10)15-8-3-5-18(6-4-8)21(19,20)9-1-2-9/h7-9H,1-6H2,(H3,14,15,16,17). The lowest BCUT2D eigenvalue weighted by Crippen LogP contribution is -2.43. The number of aromatic nitrogens is 2. The van der Waals surface area contributed by atoms with E-state index in [2.05, 4.69) is 15.3 Å². The van der Waals surface area contributed by atoms with Crippen LogP contribution in [-0.4, -0.2) is 47.1 Å². The van der Waals surface area contributed by atoms with Crippen LogP contribution in [-0.2, 0) is 10.0 Å². The topological polar surface area (TPSA) is 101 Å². The van der Waals surface area contributed by atoms with Crippen LogP contribution in [0.4, 0.5) is 11.8 Å². The van der Waals surface area contributed by atoms with Crippen molar-refractivity contribution in [2.75, 3.05) is 24.1 Å². The average Bonchev–Trinajstić information content (AvgIpc) is 3.22. The maximum absolute atomic E-state index is 12.2. The number of hydrogen-bond acceptors (Lipinski definition) is 6. The summed E-state index contributed by atoms with van der Waals surface area (Å²) in [6.07, 6.45) is 3.10. The Morgan fingerprint density at radius 2 is 1.90 bits per heavy atom. The molecule has 7 nitrogen and oxygen atoms in total. The van der Waals surface area contributed by atoms with Gasteiger partial charge in [0.2, 0.25) is 16.0 Å². The Bertz CT molecular complexity index is 606. The molecule has 2 fully saturated rings. The third-order valence-corrected chi connectivity index (χ3v) is 6.42. The molecule has 21 heavy (non-hydrogen) atoms. The molecule has 1 aliphatic carbocycles. The molecule has 1 aliphatic heterocycles. The molecule has 3 N–H and O–H groups in total. The van der Waals surface area contributed by atoms with Crippen molar-refractivity contribution in [3.8, 4) is 0 Å². The number of nitrogens with one attached hydrogen (secondary N) is 1. The second kappa shape index (κ2) is 5.58. The van der Waals surface area contributed by atoms with Gasteiger partial charge in [-0.25, -0.2) is 17.7 Å². The summed E-state index contributed by atoms with van der Waals surface area (Å²) in [5.74, 6) is 0.703. The molecule has 116 valence electrons. The van der Waals surface area contributed by atoms with Gasteiger partial charge in [0.25, 0.3) is 0 Å². The molecule has 0 atom stereocenters. The summed E-state index contributed by atoms with van der Waals surface area (Å²) in [5.41, 5.74) is 5.55. The summed E-state index contributed by atoms with van der Waals surface area (Å²) in [5, 5.41) is 3.40. The normalized spacial score (nSPS) is 21.4. The zero-order valence-electron chi connectivity index (χ0n) is 11.5. The van der Waals surface area contributed by atoms with Gasteiger partial charge in [-0.3, -0.25) is 0 Å². The quantitative estimate of drug-likeness (QED) is 0.801. The fourth-order valence-electron chi connectivity index (χ4n) is 2.55. The number of halogens is 1. The summed E-state index contributed by atoms with van der Waals surface area (Å²) >= 11 is 5.83. The summed E-state index contributed by atoms with van der Waals surface area (Å²) in [4.78, 5) is 7.88. The molecular formula is C12H18ClN5O2S. The molecule has 0 bridgehead atoms. The summed E-state index contributed by atoms with van der Waals surface area (Å²) < 4.78 is 25.9. The lowest BCUT2D eigenvalue weighted by Gasteiger charge is -2.31. The molecule has 0 spiro atoms. The molecular weight excluding hydrogens is 314 g/mol. The van der Waals surface area contributed by atoms with E-state index < -0.39 is 10.0 Å². The summed E-state index contributed by atoms with van der Waals surface area (Å²) in [6, 6.07) is 1.78. The number of nitrogens with two attached hydrogens (primary N) is 1. The molecule has 9 heteroatoms. The predicted molar refractivity (Wildman–Crippen MR) is 81.6 cm³/mol.